The number of ketones is 1. The Hall–Kier alpha value is -1.15. The minimum absolute atomic E-state index is 0.116. The van der Waals surface area contributed by atoms with Gasteiger partial charge in [-0.1, -0.05) is 31.2 Å². The molecule has 0 saturated carbocycles. The van der Waals surface area contributed by atoms with Gasteiger partial charge in [0.1, 0.15) is 0 Å². The summed E-state index contributed by atoms with van der Waals surface area (Å²) in [5, 5.41) is 0. The van der Waals surface area contributed by atoms with Crippen molar-refractivity contribution < 1.29 is 9.53 Å². The molecule has 0 radical (unpaired) electrons. The van der Waals surface area contributed by atoms with E-state index in [4.69, 9.17) is 4.74 Å². The summed E-state index contributed by atoms with van der Waals surface area (Å²) in [6.07, 6.45) is 2.66. The molecule has 1 saturated heterocycles. The highest BCUT2D eigenvalue weighted by Gasteiger charge is 2.35. The van der Waals surface area contributed by atoms with Crippen molar-refractivity contribution in [3.05, 3.63) is 35.4 Å². The van der Waals surface area contributed by atoms with Crippen molar-refractivity contribution in [1.29, 1.82) is 0 Å². The number of Topliss-reactive ketones (excluding diaryl/α,β-unsaturated/α-hetero) is 1. The van der Waals surface area contributed by atoms with Crippen molar-refractivity contribution in [2.45, 2.75) is 45.6 Å². The minimum atomic E-state index is -0.124. The fourth-order valence-corrected chi connectivity index (χ4v) is 2.67. The molecule has 2 heteroatoms. The molecule has 0 spiro atoms. The van der Waals surface area contributed by atoms with E-state index in [0.717, 1.165) is 30.4 Å². The Labute approximate surface area is 109 Å². The minimum Gasteiger partial charge on any atom is -0.375 e. The van der Waals surface area contributed by atoms with Gasteiger partial charge in [-0.3, -0.25) is 4.79 Å². The molecule has 1 heterocycles. The van der Waals surface area contributed by atoms with E-state index in [-0.39, 0.29) is 17.3 Å². The maximum atomic E-state index is 12.6. The fourth-order valence-electron chi connectivity index (χ4n) is 2.67. The van der Waals surface area contributed by atoms with Crippen LogP contribution in [0.25, 0.3) is 0 Å². The first-order valence-corrected chi connectivity index (χ1v) is 6.79. The first-order chi connectivity index (χ1) is 8.56. The Morgan fingerprint density at radius 1 is 1.44 bits per heavy atom. The van der Waals surface area contributed by atoms with E-state index in [1.165, 1.54) is 0 Å². The number of benzene rings is 1. The van der Waals surface area contributed by atoms with Crippen LogP contribution in [-0.4, -0.2) is 18.0 Å². The molecule has 2 rings (SSSR count). The maximum Gasteiger partial charge on any atom is 0.166 e. The van der Waals surface area contributed by atoms with E-state index >= 15 is 0 Å². The Bertz CT molecular complexity index is 438. The molecule has 18 heavy (non-hydrogen) atoms. The van der Waals surface area contributed by atoms with Crippen LogP contribution in [0, 0.1) is 12.8 Å². The predicted octanol–water partition coefficient (Wildman–Crippen LogP) is 3.77. The summed E-state index contributed by atoms with van der Waals surface area (Å²) in [6, 6.07) is 7.87. The lowest BCUT2D eigenvalue weighted by atomic mass is 9.80. The highest BCUT2D eigenvalue weighted by atomic mass is 16.5. The second-order valence-corrected chi connectivity index (χ2v) is 5.52. The summed E-state index contributed by atoms with van der Waals surface area (Å²) >= 11 is 0. The predicted molar refractivity (Wildman–Crippen MR) is 72.9 cm³/mol. The van der Waals surface area contributed by atoms with Crippen molar-refractivity contribution in [3.8, 4) is 0 Å². The van der Waals surface area contributed by atoms with Gasteiger partial charge >= 0.3 is 0 Å². The molecule has 1 aliphatic heterocycles. The van der Waals surface area contributed by atoms with Crippen LogP contribution < -0.4 is 0 Å². The van der Waals surface area contributed by atoms with E-state index in [2.05, 4.69) is 13.8 Å². The van der Waals surface area contributed by atoms with Gasteiger partial charge in [0.05, 0.1) is 5.60 Å². The molecule has 2 atom stereocenters. The third kappa shape index (κ3) is 2.64. The van der Waals surface area contributed by atoms with Gasteiger partial charge in [-0.15, -0.1) is 0 Å². The second kappa shape index (κ2) is 5.23. The summed E-state index contributed by atoms with van der Waals surface area (Å²) in [4.78, 5) is 12.6. The number of hydrogen-bond donors (Lipinski definition) is 0. The molecule has 1 aromatic rings. The van der Waals surface area contributed by atoms with Gasteiger partial charge in [0, 0.05) is 18.1 Å². The molecule has 0 unspecified atom stereocenters. The van der Waals surface area contributed by atoms with Gasteiger partial charge in [0.2, 0.25) is 0 Å². The van der Waals surface area contributed by atoms with Crippen molar-refractivity contribution in [3.63, 3.8) is 0 Å². The number of carbonyl (C=O) groups excluding carboxylic acids is 1. The standard InChI is InChI=1S/C16H22O2/c1-4-16(3)11-13(9-10-18-16)15(17)14-8-6-5-7-12(14)2/h5-8,13H,4,9-11H2,1-3H3/t13-,16-/m0/s1. The van der Waals surface area contributed by atoms with Gasteiger partial charge in [-0.2, -0.15) is 0 Å². The molecule has 1 aliphatic rings. The van der Waals surface area contributed by atoms with Gasteiger partial charge < -0.3 is 4.74 Å². The number of ether oxygens (including phenoxy) is 1. The van der Waals surface area contributed by atoms with E-state index in [9.17, 15) is 4.79 Å². The van der Waals surface area contributed by atoms with Crippen molar-refractivity contribution in [2.75, 3.05) is 6.61 Å². The van der Waals surface area contributed by atoms with Crippen molar-refractivity contribution >= 4 is 5.78 Å². The summed E-state index contributed by atoms with van der Waals surface area (Å²) in [5.74, 6) is 0.404. The molecular weight excluding hydrogens is 224 g/mol. The van der Waals surface area contributed by atoms with Crippen LogP contribution in [0.4, 0.5) is 0 Å². The highest BCUT2D eigenvalue weighted by molar-refractivity contribution is 5.99. The monoisotopic (exact) mass is 246 g/mol. The Balaban J connectivity index is 2.17. The van der Waals surface area contributed by atoms with E-state index in [1.54, 1.807) is 0 Å². The molecule has 0 aromatic heterocycles. The number of hydrogen-bond acceptors (Lipinski definition) is 2. The van der Waals surface area contributed by atoms with E-state index < -0.39 is 0 Å². The zero-order chi connectivity index (χ0) is 13.2. The largest absolute Gasteiger partial charge is 0.375 e. The number of carbonyl (C=O) groups is 1. The molecule has 2 nitrogen and oxygen atoms in total. The molecule has 0 amide bonds. The normalized spacial score (nSPS) is 28.1. The first-order valence-electron chi connectivity index (χ1n) is 6.79. The topological polar surface area (TPSA) is 26.3 Å². The molecule has 1 fully saturated rings. The van der Waals surface area contributed by atoms with Gasteiger partial charge in [0.15, 0.2) is 5.78 Å². The fraction of sp³-hybridized carbons (Fsp3) is 0.562. The number of rotatable bonds is 3. The second-order valence-electron chi connectivity index (χ2n) is 5.52. The lowest BCUT2D eigenvalue weighted by Crippen LogP contribution is -2.39. The first kappa shape index (κ1) is 13.3. The van der Waals surface area contributed by atoms with Crippen LogP contribution >= 0.6 is 0 Å². The average molecular weight is 246 g/mol. The summed E-state index contributed by atoms with van der Waals surface area (Å²) in [5.41, 5.74) is 1.83. The quantitative estimate of drug-likeness (QED) is 0.759. The van der Waals surface area contributed by atoms with Gasteiger partial charge in [-0.05, 0) is 38.7 Å². The average Bonchev–Trinajstić information content (AvgIpc) is 2.39. The molecule has 1 aromatic carbocycles. The van der Waals surface area contributed by atoms with Crippen LogP contribution in [0.3, 0.4) is 0 Å². The third-order valence-corrected chi connectivity index (χ3v) is 4.12. The van der Waals surface area contributed by atoms with Crippen LogP contribution in [0.1, 0.15) is 49.0 Å². The lowest BCUT2D eigenvalue weighted by Gasteiger charge is -2.37. The smallest absolute Gasteiger partial charge is 0.166 e. The van der Waals surface area contributed by atoms with Crippen molar-refractivity contribution in [2.24, 2.45) is 5.92 Å². The molecular formula is C16H22O2. The van der Waals surface area contributed by atoms with E-state index in [1.807, 2.05) is 31.2 Å². The van der Waals surface area contributed by atoms with Crippen LogP contribution in [0.5, 0.6) is 0 Å². The summed E-state index contributed by atoms with van der Waals surface area (Å²) in [7, 11) is 0. The van der Waals surface area contributed by atoms with Gasteiger partial charge in [0.25, 0.3) is 0 Å². The zero-order valence-corrected chi connectivity index (χ0v) is 11.5. The SMILES string of the molecule is CC[C@@]1(C)C[C@@H](C(=O)c2ccccc2C)CCO1. The summed E-state index contributed by atoms with van der Waals surface area (Å²) in [6.45, 7) is 6.95. The zero-order valence-electron chi connectivity index (χ0n) is 11.5. The Morgan fingerprint density at radius 2 is 2.17 bits per heavy atom. The van der Waals surface area contributed by atoms with Crippen LogP contribution in [0.15, 0.2) is 24.3 Å². The van der Waals surface area contributed by atoms with Crippen LogP contribution in [-0.2, 0) is 4.74 Å². The summed E-state index contributed by atoms with van der Waals surface area (Å²) < 4.78 is 5.81. The lowest BCUT2D eigenvalue weighted by molar-refractivity contribution is -0.0811. The Kier molecular flexibility index (Phi) is 3.86. The molecule has 0 aliphatic carbocycles. The molecule has 0 bridgehead atoms. The van der Waals surface area contributed by atoms with Gasteiger partial charge in [-0.25, -0.2) is 0 Å². The maximum absolute atomic E-state index is 12.6. The number of aryl methyl sites for hydroxylation is 1. The molecule has 0 N–H and O–H groups in total. The molecule has 98 valence electrons. The third-order valence-electron chi connectivity index (χ3n) is 4.12. The Morgan fingerprint density at radius 3 is 2.83 bits per heavy atom. The van der Waals surface area contributed by atoms with Crippen LogP contribution in [0.2, 0.25) is 0 Å². The highest BCUT2D eigenvalue weighted by Crippen LogP contribution is 2.33. The van der Waals surface area contributed by atoms with Crippen molar-refractivity contribution in [1.82, 2.24) is 0 Å². The van der Waals surface area contributed by atoms with E-state index in [0.29, 0.717) is 6.61 Å².